The molecule has 0 spiro atoms. The minimum Gasteiger partial charge on any atom is -0.452 e. The minimum absolute atomic E-state index is 0.0260. The van der Waals surface area contributed by atoms with Crippen molar-refractivity contribution in [3.8, 4) is 0 Å². The van der Waals surface area contributed by atoms with Gasteiger partial charge in [-0.2, -0.15) is 31.2 Å². The lowest BCUT2D eigenvalue weighted by atomic mass is 9.91. The number of carbonyl (C=O) groups excluding carboxylic acids is 2. The second-order valence-corrected chi connectivity index (χ2v) is 6.87. The number of urea groups is 1. The van der Waals surface area contributed by atoms with Crippen LogP contribution < -0.4 is 10.3 Å². The van der Waals surface area contributed by atoms with Gasteiger partial charge in [-0.15, -0.1) is 0 Å². The highest BCUT2D eigenvalue weighted by Gasteiger charge is 2.73. The molecule has 0 fully saturated rings. The topological polar surface area (TPSA) is 74.8 Å². The zero-order chi connectivity index (χ0) is 24.6. The first-order valence-electron chi connectivity index (χ1n) is 9.09. The number of nitrogens with zero attached hydrogens (tertiary/aromatic N) is 3. The lowest BCUT2D eigenvalue weighted by molar-refractivity contribution is -0.348. The van der Waals surface area contributed by atoms with E-state index >= 15 is 0 Å². The van der Waals surface area contributed by atoms with Crippen molar-refractivity contribution < 1.29 is 45.1 Å². The van der Waals surface area contributed by atoms with Gasteiger partial charge in [-0.1, -0.05) is 12.1 Å². The molecule has 1 N–H and O–H groups in total. The van der Waals surface area contributed by atoms with Crippen LogP contribution in [0.3, 0.4) is 0 Å². The fraction of sp³-hybridized carbons (Fsp3) is 0.316. The largest absolute Gasteiger partial charge is 0.452 e. The second-order valence-electron chi connectivity index (χ2n) is 6.87. The van der Waals surface area contributed by atoms with Gasteiger partial charge in [-0.25, -0.2) is 19.4 Å². The average molecular weight is 480 g/mol. The van der Waals surface area contributed by atoms with E-state index in [1.165, 1.54) is 12.4 Å². The number of fused-ring (bicyclic) bond motifs is 1. The quantitative estimate of drug-likeness (QED) is 0.649. The molecule has 0 atom stereocenters. The van der Waals surface area contributed by atoms with Crippen molar-refractivity contribution in [3.63, 3.8) is 0 Å². The highest BCUT2D eigenvalue weighted by Crippen LogP contribution is 2.53. The third-order valence-corrected chi connectivity index (χ3v) is 4.80. The molecule has 3 amide bonds. The molecule has 1 aliphatic heterocycles. The summed E-state index contributed by atoms with van der Waals surface area (Å²) in [5.74, 6) is 0. The fourth-order valence-corrected chi connectivity index (χ4v) is 3.18. The Morgan fingerprint density at radius 1 is 1.12 bits per heavy atom. The number of pyridine rings is 1. The number of hydrogen-bond donors (Lipinski definition) is 1. The summed E-state index contributed by atoms with van der Waals surface area (Å²) in [7, 11) is 0.922. The monoisotopic (exact) mass is 480 g/mol. The van der Waals surface area contributed by atoms with Crippen LogP contribution in [-0.2, 0) is 23.5 Å². The highest BCUT2D eigenvalue weighted by molar-refractivity contribution is 6.12. The molecule has 2 heterocycles. The van der Waals surface area contributed by atoms with Gasteiger partial charge in [0.1, 0.15) is 0 Å². The van der Waals surface area contributed by atoms with Crippen LogP contribution in [0.1, 0.15) is 16.7 Å². The molecule has 1 aromatic carbocycles. The van der Waals surface area contributed by atoms with E-state index in [1.807, 2.05) is 0 Å². The van der Waals surface area contributed by atoms with E-state index < -0.39 is 42.3 Å². The molecule has 7 nitrogen and oxygen atoms in total. The summed E-state index contributed by atoms with van der Waals surface area (Å²) in [6.07, 6.45) is -11.0. The minimum atomic E-state index is -6.32. The molecule has 14 heteroatoms. The number of aromatic nitrogens is 1. The van der Waals surface area contributed by atoms with Crippen LogP contribution >= 0.6 is 0 Å². The number of methoxy groups -OCH3 is 1. The summed E-state index contributed by atoms with van der Waals surface area (Å²) >= 11 is 0. The van der Waals surface area contributed by atoms with Gasteiger partial charge in [-0.3, -0.25) is 9.99 Å². The fourth-order valence-electron chi connectivity index (χ4n) is 3.18. The third-order valence-electron chi connectivity index (χ3n) is 4.80. The molecule has 0 unspecified atom stereocenters. The van der Waals surface area contributed by atoms with Crippen molar-refractivity contribution in [1.82, 2.24) is 15.4 Å². The molecule has 3 rings (SSSR count). The van der Waals surface area contributed by atoms with Gasteiger partial charge in [0.15, 0.2) is 0 Å². The molecule has 0 saturated carbocycles. The lowest BCUT2D eigenvalue weighted by Crippen LogP contribution is -2.55. The number of hydrogen-bond acceptors (Lipinski definition) is 5. The number of ether oxygens (including phenoxy) is 1. The van der Waals surface area contributed by atoms with Crippen LogP contribution in [0.5, 0.6) is 0 Å². The molecule has 0 bridgehead atoms. The predicted octanol–water partition coefficient (Wildman–Crippen LogP) is 4.58. The standard InChI is InChI=1S/C19H15F7N4O3/c1-33-16(32)30-14-5-4-13(17(20,18(21,22)23)19(24,25)26)7-12(14)10-29(15(30)31)28-9-11-3-2-6-27-8-11/h2-8,28H,9-10H2,1H3. The molecule has 0 aliphatic carbocycles. The van der Waals surface area contributed by atoms with Crippen LogP contribution in [-0.4, -0.2) is 41.6 Å². The van der Waals surface area contributed by atoms with Crippen molar-refractivity contribution in [2.75, 3.05) is 12.0 Å². The zero-order valence-electron chi connectivity index (χ0n) is 16.7. The van der Waals surface area contributed by atoms with E-state index in [0.717, 1.165) is 12.1 Å². The maximum atomic E-state index is 14.5. The first kappa shape index (κ1) is 24.2. The van der Waals surface area contributed by atoms with E-state index in [2.05, 4.69) is 15.1 Å². The number of rotatable bonds is 4. The van der Waals surface area contributed by atoms with E-state index in [1.54, 1.807) is 12.1 Å². The Bertz CT molecular complexity index is 1030. The van der Waals surface area contributed by atoms with Crippen LogP contribution in [0.25, 0.3) is 0 Å². The second kappa shape index (κ2) is 8.50. The Balaban J connectivity index is 2.05. The maximum absolute atomic E-state index is 14.5. The Hall–Kier alpha value is -3.42. The number of anilines is 1. The number of nitrogens with one attached hydrogen (secondary N) is 1. The summed E-state index contributed by atoms with van der Waals surface area (Å²) in [4.78, 5) is 29.2. The van der Waals surface area contributed by atoms with Gasteiger partial charge in [0.2, 0.25) is 0 Å². The molecular weight excluding hydrogens is 465 g/mol. The first-order valence-corrected chi connectivity index (χ1v) is 9.09. The SMILES string of the molecule is COC(=O)N1C(=O)N(NCc2cccnc2)Cc2cc(C(F)(C(F)(F)F)C(F)(F)F)ccc21. The van der Waals surface area contributed by atoms with Gasteiger partial charge in [0.05, 0.1) is 19.3 Å². The van der Waals surface area contributed by atoms with Gasteiger partial charge in [0.25, 0.3) is 0 Å². The van der Waals surface area contributed by atoms with Crippen molar-refractivity contribution in [2.45, 2.75) is 31.1 Å². The molecule has 33 heavy (non-hydrogen) atoms. The Morgan fingerprint density at radius 2 is 1.79 bits per heavy atom. The van der Waals surface area contributed by atoms with Gasteiger partial charge >= 0.3 is 30.1 Å². The van der Waals surface area contributed by atoms with Crippen LogP contribution in [0.15, 0.2) is 42.7 Å². The van der Waals surface area contributed by atoms with Crippen LogP contribution in [0.2, 0.25) is 0 Å². The van der Waals surface area contributed by atoms with E-state index in [-0.39, 0.29) is 23.9 Å². The van der Waals surface area contributed by atoms with Gasteiger partial charge in [0, 0.05) is 24.5 Å². The smallest absolute Gasteiger partial charge is 0.435 e. The third kappa shape index (κ3) is 4.29. The summed E-state index contributed by atoms with van der Waals surface area (Å²) in [5, 5.41) is 0.775. The average Bonchev–Trinajstić information content (AvgIpc) is 2.75. The molecule has 0 saturated heterocycles. The number of imide groups is 1. The number of alkyl halides is 7. The summed E-state index contributed by atoms with van der Waals surface area (Å²) in [5.41, 5.74) is -4.92. The Kier molecular flexibility index (Phi) is 6.24. The van der Waals surface area contributed by atoms with Crippen LogP contribution in [0.4, 0.5) is 46.0 Å². The first-order chi connectivity index (χ1) is 15.3. The highest BCUT2D eigenvalue weighted by atomic mass is 19.4. The van der Waals surface area contributed by atoms with Crippen molar-refractivity contribution in [1.29, 1.82) is 0 Å². The normalized spacial score (nSPS) is 14.8. The summed E-state index contributed by atoms with van der Waals surface area (Å²) < 4.78 is 98.0. The number of amides is 3. The zero-order valence-corrected chi connectivity index (χ0v) is 16.7. The molecule has 1 aromatic heterocycles. The van der Waals surface area contributed by atoms with Gasteiger partial charge < -0.3 is 4.74 Å². The van der Waals surface area contributed by atoms with E-state index in [9.17, 15) is 40.3 Å². The summed E-state index contributed by atoms with van der Waals surface area (Å²) in [6.45, 7) is -0.594. The Morgan fingerprint density at radius 3 is 2.33 bits per heavy atom. The molecule has 178 valence electrons. The van der Waals surface area contributed by atoms with Crippen molar-refractivity contribution in [2.24, 2.45) is 0 Å². The number of hydrazine groups is 1. The lowest BCUT2D eigenvalue weighted by Gasteiger charge is -2.36. The molecular formula is C19H15F7N4O3. The molecule has 0 radical (unpaired) electrons. The number of halogens is 7. The number of benzene rings is 1. The van der Waals surface area contributed by atoms with E-state index in [4.69, 9.17) is 0 Å². The van der Waals surface area contributed by atoms with E-state index in [0.29, 0.717) is 22.6 Å². The van der Waals surface area contributed by atoms with Crippen molar-refractivity contribution >= 4 is 17.8 Å². The summed E-state index contributed by atoms with van der Waals surface area (Å²) in [6, 6.07) is 3.38. The number of carbonyl (C=O) groups is 2. The van der Waals surface area contributed by atoms with Gasteiger partial charge in [-0.05, 0) is 29.3 Å². The molecule has 2 aromatic rings. The van der Waals surface area contributed by atoms with Crippen LogP contribution in [0, 0.1) is 0 Å². The predicted molar refractivity (Wildman–Crippen MR) is 98.2 cm³/mol. The maximum Gasteiger partial charge on any atom is 0.435 e. The molecule has 1 aliphatic rings. The van der Waals surface area contributed by atoms with Crippen molar-refractivity contribution in [3.05, 3.63) is 59.4 Å². The Labute approximate surface area is 181 Å².